The molecule has 426 valence electrons. The van der Waals surface area contributed by atoms with Gasteiger partial charge in [0, 0.05) is 65.7 Å². The van der Waals surface area contributed by atoms with Gasteiger partial charge in [-0.05, 0) is 145 Å². The number of methoxy groups -OCH3 is 1. The van der Waals surface area contributed by atoms with Crippen LogP contribution in [0.15, 0.2) is 154 Å². The van der Waals surface area contributed by atoms with Crippen LogP contribution < -0.4 is 10.4 Å². The molecule has 1 aromatic heterocycles. The Kier molecular flexibility index (Phi) is 15.9. The number of fused-ring (bicyclic) bond motifs is 14. The Morgan fingerprint density at radius 3 is 2.33 bits per heavy atom. The number of allylic oxidation sites excluding steroid dienone is 3. The highest BCUT2D eigenvalue weighted by molar-refractivity contribution is 5.90. The summed E-state index contributed by atoms with van der Waals surface area (Å²) in [5.74, 6) is -1.81. The van der Waals surface area contributed by atoms with E-state index in [1.807, 2.05) is 13.0 Å². The van der Waals surface area contributed by atoms with Crippen molar-refractivity contribution in [3.63, 3.8) is 0 Å². The van der Waals surface area contributed by atoms with Gasteiger partial charge in [0.2, 0.25) is 0 Å². The van der Waals surface area contributed by atoms with Crippen molar-refractivity contribution in [2.45, 2.75) is 144 Å². The van der Waals surface area contributed by atoms with Crippen LogP contribution in [0.5, 0.6) is 5.75 Å². The molecule has 2 bridgehead atoms. The lowest BCUT2D eigenvalue weighted by Crippen LogP contribution is -2.58. The number of ether oxygens (including phenoxy) is 4. The van der Waals surface area contributed by atoms with Crippen molar-refractivity contribution in [1.82, 2.24) is 0 Å². The second-order valence-electron chi connectivity index (χ2n) is 24.4. The molecule has 10 unspecified atom stereocenters. The van der Waals surface area contributed by atoms with Crippen molar-refractivity contribution in [2.75, 3.05) is 26.9 Å². The maximum absolute atomic E-state index is 15.7. The number of benzene rings is 5. The lowest BCUT2D eigenvalue weighted by Gasteiger charge is -2.48. The van der Waals surface area contributed by atoms with E-state index in [1.54, 1.807) is 19.1 Å². The molecule has 4 heterocycles. The van der Waals surface area contributed by atoms with Crippen molar-refractivity contribution < 1.29 is 48.3 Å². The van der Waals surface area contributed by atoms with E-state index >= 15 is 9.59 Å². The Labute approximate surface area is 480 Å². The zero-order chi connectivity index (χ0) is 56.7. The molecule has 13 rings (SSSR count). The number of hydrogen-bond donors (Lipinski definition) is 3. The maximum Gasteiger partial charge on any atom is 0.340 e. The molecule has 2 fully saturated rings. The van der Waals surface area contributed by atoms with E-state index in [9.17, 15) is 20.1 Å². The van der Waals surface area contributed by atoms with Gasteiger partial charge in [0.15, 0.2) is 12.2 Å². The number of aliphatic hydroxyl groups is 3. The monoisotopic (exact) mass is 1100 g/mol. The molecule has 6 aromatic rings. The van der Waals surface area contributed by atoms with Crippen LogP contribution in [0.3, 0.4) is 0 Å². The van der Waals surface area contributed by atoms with Crippen LogP contribution in [0, 0.1) is 17.8 Å². The SMILES string of the molecule is COCC(CCO)c1c(CO)c2ccc3c(c2oc1=O)C1OC(=O)CC2CC(c4cccc(C5(c6ccccc6)CCCCC5)c4)C=CC2c2ccc(cc2)CCC(=C(C)CO)C(=O)OC1C(C)(C1CC2C=Cc4ccccc4C2C1)O3. The Balaban J connectivity index is 0.996. The number of aryl methyl sites for hydroxylation is 1. The van der Waals surface area contributed by atoms with Gasteiger partial charge in [0.25, 0.3) is 0 Å². The Hall–Kier alpha value is -6.89. The number of rotatable bonds is 11. The highest BCUT2D eigenvalue weighted by Gasteiger charge is 2.59. The summed E-state index contributed by atoms with van der Waals surface area (Å²) in [6.07, 6.45) is 15.1. The van der Waals surface area contributed by atoms with Gasteiger partial charge in [0.05, 0.1) is 25.4 Å². The predicted octanol–water partition coefficient (Wildman–Crippen LogP) is 12.9. The molecule has 2 saturated carbocycles. The third kappa shape index (κ3) is 10.2. The zero-order valence-electron chi connectivity index (χ0n) is 47.4. The fraction of sp³-hybridized carbons (Fsp3) is 0.423. The number of aliphatic hydroxyl groups excluding tert-OH is 3. The van der Waals surface area contributed by atoms with Crippen LogP contribution in [0.25, 0.3) is 17.0 Å². The van der Waals surface area contributed by atoms with Gasteiger partial charge in [-0.2, -0.15) is 0 Å². The van der Waals surface area contributed by atoms with Gasteiger partial charge >= 0.3 is 17.6 Å². The van der Waals surface area contributed by atoms with Crippen molar-refractivity contribution in [1.29, 1.82) is 0 Å². The first-order chi connectivity index (χ1) is 39.9. The van der Waals surface area contributed by atoms with Gasteiger partial charge in [-0.1, -0.05) is 147 Å². The third-order valence-electron chi connectivity index (χ3n) is 19.9. The maximum atomic E-state index is 15.7. The molecule has 11 nitrogen and oxygen atoms in total. The molecule has 11 heteroatoms. The molecule has 3 aliphatic heterocycles. The molecule has 0 spiro atoms. The smallest absolute Gasteiger partial charge is 0.340 e. The quantitative estimate of drug-likeness (QED) is 0.0490. The van der Waals surface area contributed by atoms with Crippen molar-refractivity contribution >= 4 is 29.0 Å². The minimum atomic E-state index is -1.37. The number of carbonyl (C=O) groups excluding carboxylic acids is 2. The largest absolute Gasteiger partial charge is 0.483 e. The van der Waals surface area contributed by atoms with E-state index in [0.717, 1.165) is 29.5 Å². The molecule has 0 saturated heterocycles. The van der Waals surface area contributed by atoms with E-state index in [0.29, 0.717) is 48.0 Å². The van der Waals surface area contributed by atoms with Gasteiger partial charge in [-0.3, -0.25) is 4.79 Å². The van der Waals surface area contributed by atoms with Crippen LogP contribution in [-0.4, -0.2) is 65.9 Å². The van der Waals surface area contributed by atoms with Crippen molar-refractivity contribution in [2.24, 2.45) is 17.8 Å². The van der Waals surface area contributed by atoms with Gasteiger partial charge in [-0.15, -0.1) is 0 Å². The minimum Gasteiger partial charge on any atom is -0.483 e. The second kappa shape index (κ2) is 23.4. The summed E-state index contributed by atoms with van der Waals surface area (Å²) in [5.41, 5.74) is 7.70. The van der Waals surface area contributed by atoms with Gasteiger partial charge in [0.1, 0.15) is 16.9 Å². The van der Waals surface area contributed by atoms with E-state index in [4.69, 9.17) is 23.4 Å². The average molecular weight is 1110 g/mol. The summed E-state index contributed by atoms with van der Waals surface area (Å²) in [7, 11) is 1.51. The highest BCUT2D eigenvalue weighted by Crippen LogP contribution is 2.58. The van der Waals surface area contributed by atoms with Gasteiger partial charge < -0.3 is 38.7 Å². The summed E-state index contributed by atoms with van der Waals surface area (Å²) >= 11 is 0. The first-order valence-corrected chi connectivity index (χ1v) is 29.9. The van der Waals surface area contributed by atoms with Crippen LogP contribution >= 0.6 is 0 Å². The van der Waals surface area contributed by atoms with E-state index in [2.05, 4.69) is 121 Å². The molecule has 0 amide bonds. The lowest BCUT2D eigenvalue weighted by atomic mass is 9.64. The van der Waals surface area contributed by atoms with Crippen LogP contribution in [0.4, 0.5) is 0 Å². The fourth-order valence-electron chi connectivity index (χ4n) is 15.5. The molecule has 0 radical (unpaired) electrons. The van der Waals surface area contributed by atoms with E-state index in [1.165, 1.54) is 48.6 Å². The van der Waals surface area contributed by atoms with E-state index in [-0.39, 0.29) is 102 Å². The average Bonchev–Trinajstić information content (AvgIpc) is 1.59. The predicted molar refractivity (Wildman–Crippen MR) is 316 cm³/mol. The summed E-state index contributed by atoms with van der Waals surface area (Å²) in [4.78, 5) is 45.6. The highest BCUT2D eigenvalue weighted by atomic mass is 16.6. The minimum absolute atomic E-state index is 0.00165. The third-order valence-corrected chi connectivity index (χ3v) is 19.9. The van der Waals surface area contributed by atoms with E-state index < -0.39 is 47.9 Å². The number of esters is 2. The number of carbonyl (C=O) groups is 2. The van der Waals surface area contributed by atoms with Crippen LogP contribution in [0.2, 0.25) is 0 Å². The molecular formula is C71H76O11. The standard InChI is InChI=1S/C71H76O11/c1-43(40-73)55-27-21-44-19-22-46(23-20-44)56-28-26-48(47-14-12-17-53(36-47)71(32-10-5-11-33-71)52-15-6-4-7-16-52)35-51(56)38-62(75)79-66-64-61(30-29-58-60(41-74)63(69(77)80-65(58)64)50(31-34-72)42-78-3)82-70(2,67(66)81-68(55)76)54-37-49-25-24-45-13-8-9-18-57(45)59(49)39-54/h4,6-9,12-20,22-26,28-30,36,48-51,54,56,59,66-67,72-74H,5,10-11,21,27,31-35,37-42H2,1-3H3. The second-order valence-corrected chi connectivity index (χ2v) is 24.4. The molecular weight excluding hydrogens is 1030 g/mol. The number of hydrogen-bond acceptors (Lipinski definition) is 11. The fourth-order valence-corrected chi connectivity index (χ4v) is 15.5. The van der Waals surface area contributed by atoms with Crippen molar-refractivity contribution in [3.05, 3.63) is 211 Å². The zero-order valence-corrected chi connectivity index (χ0v) is 47.4. The first-order valence-electron chi connectivity index (χ1n) is 29.9. The summed E-state index contributed by atoms with van der Waals surface area (Å²) < 4.78 is 33.3. The Bertz CT molecular complexity index is 3490. The van der Waals surface area contributed by atoms with Crippen molar-refractivity contribution in [3.8, 4) is 5.75 Å². The topological polar surface area (TPSA) is 162 Å². The summed E-state index contributed by atoms with van der Waals surface area (Å²) in [6.45, 7) is 2.61. The molecule has 5 aromatic carbocycles. The molecule has 4 aliphatic carbocycles. The Morgan fingerprint density at radius 1 is 0.780 bits per heavy atom. The van der Waals surface area contributed by atoms with Crippen LogP contribution in [-0.2, 0) is 42.2 Å². The van der Waals surface area contributed by atoms with Gasteiger partial charge in [-0.25, -0.2) is 9.59 Å². The first kappa shape index (κ1) is 55.6. The van der Waals surface area contributed by atoms with Crippen LogP contribution in [0.1, 0.15) is 170 Å². The Morgan fingerprint density at radius 2 is 1.56 bits per heavy atom. The lowest BCUT2D eigenvalue weighted by molar-refractivity contribution is -0.199. The molecule has 7 aliphatic rings. The summed E-state index contributed by atoms with van der Waals surface area (Å²) in [6, 6.07) is 40.5. The summed E-state index contributed by atoms with van der Waals surface area (Å²) in [5, 5.41) is 32.5. The normalized spacial score (nSPS) is 27.7. The molecule has 82 heavy (non-hydrogen) atoms. The molecule has 10 atom stereocenters. The molecule has 3 N–H and O–H groups in total.